The molecule has 1 N–H and O–H groups in total. The van der Waals surface area contributed by atoms with Gasteiger partial charge in [0, 0.05) is 36.8 Å². The Labute approximate surface area is 201 Å². The van der Waals surface area contributed by atoms with E-state index in [9.17, 15) is 0 Å². The number of hydrogen-bond acceptors (Lipinski definition) is 3. The Morgan fingerprint density at radius 3 is 2.97 bits per heavy atom. The Kier molecular flexibility index (Phi) is 7.52. The molecule has 1 spiro atoms. The average molecular weight is 541 g/mol. The molecule has 1 aromatic rings. The first kappa shape index (κ1) is 23.2. The van der Waals surface area contributed by atoms with Crippen molar-refractivity contribution >= 4 is 41.5 Å². The Morgan fingerprint density at radius 1 is 1.37 bits per heavy atom. The van der Waals surface area contributed by atoms with E-state index in [1.165, 1.54) is 16.7 Å². The van der Waals surface area contributed by atoms with Gasteiger partial charge >= 0.3 is 0 Å². The van der Waals surface area contributed by atoms with Gasteiger partial charge in [-0.1, -0.05) is 35.9 Å². The first-order valence-electron chi connectivity index (χ1n) is 10.2. The molecule has 1 unspecified atom stereocenters. The third kappa shape index (κ3) is 4.70. The second-order valence-electron chi connectivity index (χ2n) is 8.15. The molecular formula is C23H30ClIN4O. The maximum atomic E-state index is 6.61. The van der Waals surface area contributed by atoms with Gasteiger partial charge in [-0.2, -0.15) is 0 Å². The number of aliphatic imine (C=N–C) groups is 1. The molecule has 1 aromatic carbocycles. The zero-order chi connectivity index (χ0) is 20.4. The van der Waals surface area contributed by atoms with Crippen LogP contribution in [0.1, 0.15) is 18.4 Å². The van der Waals surface area contributed by atoms with E-state index in [1.807, 2.05) is 19.2 Å². The lowest BCUT2D eigenvalue weighted by Gasteiger charge is -2.42. The van der Waals surface area contributed by atoms with Gasteiger partial charge in [0.2, 0.25) is 0 Å². The van der Waals surface area contributed by atoms with E-state index in [4.69, 9.17) is 16.3 Å². The van der Waals surface area contributed by atoms with Crippen molar-refractivity contribution in [2.75, 3.05) is 40.8 Å². The maximum absolute atomic E-state index is 6.61. The molecule has 1 aliphatic carbocycles. The van der Waals surface area contributed by atoms with Crippen LogP contribution >= 0.6 is 35.6 Å². The monoisotopic (exact) mass is 540 g/mol. The zero-order valence-electron chi connectivity index (χ0n) is 17.8. The summed E-state index contributed by atoms with van der Waals surface area (Å²) < 4.78 is 6.61. The number of guanidine groups is 1. The Morgan fingerprint density at radius 2 is 2.20 bits per heavy atom. The van der Waals surface area contributed by atoms with Crippen LogP contribution in [0.15, 0.2) is 58.8 Å². The molecule has 0 aromatic heterocycles. The number of fused-ring (bicyclic) bond motifs is 3. The summed E-state index contributed by atoms with van der Waals surface area (Å²) in [6.07, 6.45) is 11.6. The zero-order valence-corrected chi connectivity index (χ0v) is 20.9. The van der Waals surface area contributed by atoms with E-state index >= 15 is 0 Å². The van der Waals surface area contributed by atoms with E-state index in [-0.39, 0.29) is 24.0 Å². The van der Waals surface area contributed by atoms with Crippen molar-refractivity contribution in [2.45, 2.75) is 24.9 Å². The van der Waals surface area contributed by atoms with Crippen molar-refractivity contribution in [2.24, 2.45) is 4.99 Å². The largest absolute Gasteiger partial charge is 0.480 e. The minimum atomic E-state index is -0.414. The molecule has 2 heterocycles. The molecule has 7 heteroatoms. The smallest absolute Gasteiger partial charge is 0.197 e. The number of hydrogen-bond donors (Lipinski definition) is 1. The number of ether oxygens (including phenoxy) is 1. The lowest BCUT2D eigenvalue weighted by molar-refractivity contribution is 0.109. The van der Waals surface area contributed by atoms with Gasteiger partial charge in [0.1, 0.15) is 5.75 Å². The van der Waals surface area contributed by atoms with E-state index < -0.39 is 5.60 Å². The topological polar surface area (TPSA) is 40.1 Å². The van der Waals surface area contributed by atoms with Crippen LogP contribution in [0.2, 0.25) is 5.02 Å². The van der Waals surface area contributed by atoms with Gasteiger partial charge in [-0.25, -0.2) is 0 Å². The third-order valence-corrected chi connectivity index (χ3v) is 5.91. The van der Waals surface area contributed by atoms with Crippen LogP contribution in [-0.2, 0) is 6.42 Å². The SMILES string of the molecule is CN=C(NCCCN(C)C)N1C=C2CC=CC=C2C2(Cc3ccc(Cl)cc3O2)C1.I. The van der Waals surface area contributed by atoms with Crippen molar-refractivity contribution < 1.29 is 4.74 Å². The number of nitrogens with zero attached hydrogens (tertiary/aromatic N) is 3. The van der Waals surface area contributed by atoms with Crippen molar-refractivity contribution in [1.29, 1.82) is 0 Å². The molecule has 1 atom stereocenters. The Bertz CT molecular complexity index is 908. The number of allylic oxidation sites excluding steroid dienone is 3. The second-order valence-corrected chi connectivity index (χ2v) is 8.59. The molecule has 30 heavy (non-hydrogen) atoms. The highest BCUT2D eigenvalue weighted by molar-refractivity contribution is 14.0. The van der Waals surface area contributed by atoms with Gasteiger partial charge in [0.25, 0.3) is 0 Å². The molecule has 2 aliphatic heterocycles. The summed E-state index contributed by atoms with van der Waals surface area (Å²) >= 11 is 6.22. The van der Waals surface area contributed by atoms with Gasteiger partial charge in [-0.15, -0.1) is 24.0 Å². The molecule has 0 saturated heterocycles. The number of benzene rings is 1. The fraction of sp³-hybridized carbons (Fsp3) is 0.435. The molecule has 0 bridgehead atoms. The number of rotatable bonds is 4. The standard InChI is InChI=1S/C23H29ClN4O.HI/c1-25-22(26-11-6-12-27(2)3)28-15-18-7-4-5-8-20(18)23(16-28)14-17-9-10-19(24)13-21(17)29-23;/h4-5,8-10,13,15H,6-7,11-12,14,16H2,1-3H3,(H,25,26);1H. The molecule has 0 saturated carbocycles. The molecule has 0 radical (unpaired) electrons. The summed E-state index contributed by atoms with van der Waals surface area (Å²) in [6, 6.07) is 5.96. The van der Waals surface area contributed by atoms with Crippen molar-refractivity contribution in [3.63, 3.8) is 0 Å². The van der Waals surface area contributed by atoms with Gasteiger partial charge in [-0.3, -0.25) is 4.99 Å². The van der Waals surface area contributed by atoms with Crippen LogP contribution in [-0.4, -0.2) is 62.1 Å². The van der Waals surface area contributed by atoms with Crippen LogP contribution in [0.25, 0.3) is 0 Å². The van der Waals surface area contributed by atoms with E-state index in [2.05, 4.69) is 64.7 Å². The molecule has 0 fully saturated rings. The van der Waals surface area contributed by atoms with Crippen LogP contribution < -0.4 is 10.1 Å². The van der Waals surface area contributed by atoms with E-state index in [1.54, 1.807) is 0 Å². The summed E-state index contributed by atoms with van der Waals surface area (Å²) in [6.45, 7) is 2.65. The summed E-state index contributed by atoms with van der Waals surface area (Å²) in [5.74, 6) is 1.78. The van der Waals surface area contributed by atoms with Crippen molar-refractivity contribution in [3.8, 4) is 5.75 Å². The second kappa shape index (κ2) is 9.75. The summed E-state index contributed by atoms with van der Waals surface area (Å²) in [5.41, 5.74) is 3.35. The number of halogens is 2. The highest BCUT2D eigenvalue weighted by Crippen LogP contribution is 2.46. The average Bonchev–Trinajstić information content (AvgIpc) is 3.05. The van der Waals surface area contributed by atoms with Crippen molar-refractivity contribution in [1.82, 2.24) is 15.1 Å². The minimum absolute atomic E-state index is 0. The summed E-state index contributed by atoms with van der Waals surface area (Å²) in [7, 11) is 6.04. The Hall–Kier alpha value is -1.51. The predicted molar refractivity (Wildman–Crippen MR) is 135 cm³/mol. The molecule has 0 amide bonds. The first-order valence-corrected chi connectivity index (χ1v) is 10.6. The van der Waals surface area contributed by atoms with Crippen LogP contribution in [0.3, 0.4) is 0 Å². The highest BCUT2D eigenvalue weighted by atomic mass is 127. The van der Waals surface area contributed by atoms with Crippen LogP contribution in [0.4, 0.5) is 0 Å². The third-order valence-electron chi connectivity index (χ3n) is 5.67. The van der Waals surface area contributed by atoms with Gasteiger partial charge in [0.15, 0.2) is 11.6 Å². The fourth-order valence-corrected chi connectivity index (χ4v) is 4.50. The van der Waals surface area contributed by atoms with Gasteiger partial charge in [0.05, 0.1) is 6.54 Å². The normalized spacial score (nSPS) is 22.2. The molecule has 5 nitrogen and oxygen atoms in total. The predicted octanol–water partition coefficient (Wildman–Crippen LogP) is 4.24. The lowest BCUT2D eigenvalue weighted by atomic mass is 9.79. The fourth-order valence-electron chi connectivity index (χ4n) is 4.34. The molecule has 162 valence electrons. The molecular weight excluding hydrogens is 511 g/mol. The van der Waals surface area contributed by atoms with Crippen molar-refractivity contribution in [3.05, 3.63) is 64.4 Å². The molecule has 4 rings (SSSR count). The minimum Gasteiger partial charge on any atom is -0.480 e. The van der Waals surface area contributed by atoms with Crippen LogP contribution in [0, 0.1) is 0 Å². The quantitative estimate of drug-likeness (QED) is 0.268. The number of nitrogens with one attached hydrogen (secondary N) is 1. The summed E-state index contributed by atoms with van der Waals surface area (Å²) in [4.78, 5) is 8.96. The summed E-state index contributed by atoms with van der Waals surface area (Å²) in [5, 5.41) is 4.23. The van der Waals surface area contributed by atoms with Crippen LogP contribution in [0.5, 0.6) is 5.75 Å². The first-order chi connectivity index (χ1) is 14.0. The molecule has 3 aliphatic rings. The van der Waals surface area contributed by atoms with Gasteiger partial charge in [-0.05, 0) is 56.8 Å². The van der Waals surface area contributed by atoms with E-state index in [0.29, 0.717) is 5.02 Å². The van der Waals surface area contributed by atoms with E-state index in [0.717, 1.165) is 50.6 Å². The lowest BCUT2D eigenvalue weighted by Crippen LogP contribution is -2.54. The Balaban J connectivity index is 0.00000256. The maximum Gasteiger partial charge on any atom is 0.197 e. The van der Waals surface area contributed by atoms with Gasteiger partial charge < -0.3 is 19.9 Å². The highest BCUT2D eigenvalue weighted by Gasteiger charge is 2.48.